The number of aromatic nitrogens is 2. The van der Waals surface area contributed by atoms with Gasteiger partial charge in [-0.15, -0.1) is 0 Å². The molecule has 1 aromatic rings. The highest BCUT2D eigenvalue weighted by atomic mass is 16.4. The van der Waals surface area contributed by atoms with Crippen molar-refractivity contribution in [1.29, 1.82) is 0 Å². The van der Waals surface area contributed by atoms with Gasteiger partial charge in [-0.3, -0.25) is 29.0 Å². The molecule has 0 saturated heterocycles. The number of primary amides is 1. The van der Waals surface area contributed by atoms with Crippen LogP contribution >= 0.6 is 0 Å². The number of carboxylic acids is 2. The summed E-state index contributed by atoms with van der Waals surface area (Å²) in [6, 6.07) is -5.58. The van der Waals surface area contributed by atoms with Crippen molar-refractivity contribution in [2.24, 2.45) is 27.9 Å². The monoisotopic (exact) mass is 554 g/mol. The number of nitrogens with two attached hydrogens (primary N) is 4. The van der Waals surface area contributed by atoms with E-state index in [1.165, 1.54) is 12.5 Å². The Morgan fingerprint density at radius 3 is 2.08 bits per heavy atom. The lowest BCUT2D eigenvalue weighted by Crippen LogP contribution is -2.58. The van der Waals surface area contributed by atoms with Crippen molar-refractivity contribution in [3.05, 3.63) is 18.2 Å². The molecular formula is C21H34N10O8. The number of nitrogens with zero attached hydrogens (tertiary/aromatic N) is 2. The molecule has 4 amide bonds. The van der Waals surface area contributed by atoms with Crippen LogP contribution in [0.3, 0.4) is 0 Å². The third-order valence-electron chi connectivity index (χ3n) is 5.21. The summed E-state index contributed by atoms with van der Waals surface area (Å²) in [6.07, 6.45) is 1.36. The summed E-state index contributed by atoms with van der Waals surface area (Å²) in [4.78, 5) is 82.7. The Balaban J connectivity index is 3.02. The van der Waals surface area contributed by atoms with E-state index in [9.17, 15) is 33.9 Å². The molecule has 0 saturated carbocycles. The molecule has 0 aromatic carbocycles. The van der Waals surface area contributed by atoms with Crippen LogP contribution in [0, 0.1) is 0 Å². The summed E-state index contributed by atoms with van der Waals surface area (Å²) >= 11 is 0. The summed E-state index contributed by atoms with van der Waals surface area (Å²) in [7, 11) is 0. The molecule has 18 heteroatoms. The van der Waals surface area contributed by atoms with E-state index < -0.39 is 79.0 Å². The molecule has 0 aliphatic rings. The number of hydrogen-bond acceptors (Lipinski definition) is 9. The number of aromatic amines is 1. The smallest absolute Gasteiger partial charge is 0.326 e. The molecular weight excluding hydrogens is 520 g/mol. The van der Waals surface area contributed by atoms with Crippen LogP contribution in [0.4, 0.5) is 0 Å². The Kier molecular flexibility index (Phi) is 13.4. The Morgan fingerprint density at radius 1 is 0.923 bits per heavy atom. The zero-order valence-corrected chi connectivity index (χ0v) is 21.0. The first-order valence-electron chi connectivity index (χ1n) is 11.7. The number of guanidine groups is 1. The molecule has 18 nitrogen and oxygen atoms in total. The molecule has 4 unspecified atom stereocenters. The lowest BCUT2D eigenvalue weighted by molar-refractivity contribution is -0.143. The van der Waals surface area contributed by atoms with Gasteiger partial charge < -0.3 is 54.1 Å². The van der Waals surface area contributed by atoms with Gasteiger partial charge in [0.2, 0.25) is 23.6 Å². The topological polar surface area (TPSA) is 324 Å². The Morgan fingerprint density at radius 2 is 1.54 bits per heavy atom. The van der Waals surface area contributed by atoms with Crippen molar-refractivity contribution in [2.75, 3.05) is 6.54 Å². The molecule has 14 N–H and O–H groups in total. The van der Waals surface area contributed by atoms with Crippen molar-refractivity contribution < 1.29 is 39.0 Å². The van der Waals surface area contributed by atoms with Crippen molar-refractivity contribution >= 4 is 41.5 Å². The summed E-state index contributed by atoms with van der Waals surface area (Å²) in [5, 5.41) is 25.0. The lowest BCUT2D eigenvalue weighted by Gasteiger charge is -2.24. The number of nitrogens with one attached hydrogen (secondary N) is 4. The van der Waals surface area contributed by atoms with E-state index in [-0.39, 0.29) is 31.8 Å². The Bertz CT molecular complexity index is 1040. The van der Waals surface area contributed by atoms with E-state index in [4.69, 9.17) is 28.0 Å². The first-order valence-corrected chi connectivity index (χ1v) is 11.7. The third kappa shape index (κ3) is 12.9. The number of rotatable bonds is 18. The lowest BCUT2D eigenvalue weighted by atomic mass is 10.1. The van der Waals surface area contributed by atoms with Gasteiger partial charge in [-0.05, 0) is 19.3 Å². The summed E-state index contributed by atoms with van der Waals surface area (Å²) < 4.78 is 0. The second kappa shape index (κ2) is 16.2. The first kappa shape index (κ1) is 32.3. The van der Waals surface area contributed by atoms with Gasteiger partial charge in [-0.25, -0.2) is 9.78 Å². The van der Waals surface area contributed by atoms with Gasteiger partial charge in [-0.2, -0.15) is 0 Å². The minimum Gasteiger partial charge on any atom is -0.481 e. The minimum absolute atomic E-state index is 0.0412. The van der Waals surface area contributed by atoms with Gasteiger partial charge in [0.15, 0.2) is 5.96 Å². The quantitative estimate of drug-likeness (QED) is 0.0467. The second-order valence-corrected chi connectivity index (χ2v) is 8.46. The Labute approximate surface area is 222 Å². The molecule has 39 heavy (non-hydrogen) atoms. The van der Waals surface area contributed by atoms with Gasteiger partial charge in [0, 0.05) is 31.3 Å². The third-order valence-corrected chi connectivity index (χ3v) is 5.21. The fraction of sp³-hybridized carbons (Fsp3) is 0.524. The predicted octanol–water partition coefficient (Wildman–Crippen LogP) is -4.39. The maximum Gasteiger partial charge on any atom is 0.326 e. The van der Waals surface area contributed by atoms with Crippen molar-refractivity contribution in [2.45, 2.75) is 62.7 Å². The van der Waals surface area contributed by atoms with Crippen LogP contribution in [0.25, 0.3) is 0 Å². The van der Waals surface area contributed by atoms with Gasteiger partial charge in [0.25, 0.3) is 0 Å². The van der Waals surface area contributed by atoms with E-state index in [1.54, 1.807) is 0 Å². The zero-order chi connectivity index (χ0) is 29.5. The van der Waals surface area contributed by atoms with E-state index in [2.05, 4.69) is 30.9 Å². The van der Waals surface area contributed by atoms with E-state index in [1.807, 2.05) is 0 Å². The summed E-state index contributed by atoms with van der Waals surface area (Å²) in [5.41, 5.74) is 22.2. The number of amides is 4. The molecule has 0 aliphatic carbocycles. The highest BCUT2D eigenvalue weighted by Crippen LogP contribution is 2.05. The van der Waals surface area contributed by atoms with Gasteiger partial charge in [-0.1, -0.05) is 0 Å². The van der Waals surface area contributed by atoms with Crippen LogP contribution < -0.4 is 38.9 Å². The standard InChI is InChI=1S/C21H34N10O8/c22-11(6-10-8-26-9-28-10)17(35)31-14(7-15(23)32)19(37)29-12(2-1-5-27-21(24)25)18(36)30-13(20(38)39)3-4-16(33)34/h8-9,11-14H,1-7,22H2,(H2,23,32)(H,26,28)(H,29,37)(H,30,36)(H,31,35)(H,33,34)(H,38,39)(H4,24,25,27). The second-order valence-electron chi connectivity index (χ2n) is 8.46. The van der Waals surface area contributed by atoms with Crippen molar-refractivity contribution in [3.8, 4) is 0 Å². The number of aliphatic carboxylic acids is 2. The average Bonchev–Trinajstić information content (AvgIpc) is 3.35. The van der Waals surface area contributed by atoms with Crippen LogP contribution in [0.1, 0.15) is 37.8 Å². The first-order chi connectivity index (χ1) is 18.3. The maximum absolute atomic E-state index is 13.0. The molecule has 0 spiro atoms. The summed E-state index contributed by atoms with van der Waals surface area (Å²) in [5.74, 6) is -6.63. The molecule has 0 fully saturated rings. The maximum atomic E-state index is 13.0. The fourth-order valence-electron chi connectivity index (χ4n) is 3.26. The van der Waals surface area contributed by atoms with Crippen LogP contribution in [0.5, 0.6) is 0 Å². The number of imidazole rings is 1. The number of H-pyrrole nitrogens is 1. The Hall–Kier alpha value is -4.74. The normalized spacial score (nSPS) is 13.7. The van der Waals surface area contributed by atoms with Crippen molar-refractivity contribution in [3.63, 3.8) is 0 Å². The molecule has 1 rings (SSSR count). The van der Waals surface area contributed by atoms with E-state index >= 15 is 0 Å². The van der Waals surface area contributed by atoms with Crippen LogP contribution in [0.2, 0.25) is 0 Å². The zero-order valence-electron chi connectivity index (χ0n) is 21.0. The van der Waals surface area contributed by atoms with Crippen LogP contribution in [-0.4, -0.2) is 92.4 Å². The molecule has 0 bridgehead atoms. The van der Waals surface area contributed by atoms with Gasteiger partial charge in [0.05, 0.1) is 18.8 Å². The fourth-order valence-corrected chi connectivity index (χ4v) is 3.26. The van der Waals surface area contributed by atoms with Crippen molar-refractivity contribution in [1.82, 2.24) is 25.9 Å². The highest BCUT2D eigenvalue weighted by molar-refractivity contribution is 5.96. The van der Waals surface area contributed by atoms with Gasteiger partial charge in [0.1, 0.15) is 18.1 Å². The minimum atomic E-state index is -1.56. The number of hydrogen-bond donors (Lipinski definition) is 10. The largest absolute Gasteiger partial charge is 0.481 e. The van der Waals surface area contributed by atoms with E-state index in [0.29, 0.717) is 5.69 Å². The van der Waals surface area contributed by atoms with E-state index in [0.717, 1.165) is 0 Å². The van der Waals surface area contributed by atoms with Gasteiger partial charge >= 0.3 is 11.9 Å². The summed E-state index contributed by atoms with van der Waals surface area (Å²) in [6.45, 7) is 0.0628. The molecule has 216 valence electrons. The molecule has 0 radical (unpaired) electrons. The SMILES string of the molecule is NC(=O)CC(NC(=O)C(N)Cc1cnc[nH]1)C(=O)NC(CCCN=C(N)N)C(=O)NC(CCC(=O)O)C(=O)O. The predicted molar refractivity (Wildman–Crippen MR) is 134 cm³/mol. The number of carbonyl (C=O) groups excluding carboxylic acids is 4. The molecule has 1 aromatic heterocycles. The number of aliphatic imine (C=N–C) groups is 1. The van der Waals surface area contributed by atoms with Crippen LogP contribution in [0.15, 0.2) is 17.5 Å². The highest BCUT2D eigenvalue weighted by Gasteiger charge is 2.31. The number of carbonyl (C=O) groups is 6. The molecule has 0 aliphatic heterocycles. The average molecular weight is 555 g/mol. The molecule has 1 heterocycles. The molecule has 4 atom stereocenters. The van der Waals surface area contributed by atoms with Crippen LogP contribution in [-0.2, 0) is 35.2 Å². The number of carboxylic acid groups (broad SMARTS) is 2.